The molecule has 1 N–H and O–H groups in total. The lowest BCUT2D eigenvalue weighted by molar-refractivity contribution is 0.0994. The molecule has 1 aliphatic rings. The summed E-state index contributed by atoms with van der Waals surface area (Å²) in [6, 6.07) is 8.87. The molecule has 1 amide bonds. The van der Waals surface area contributed by atoms with Crippen LogP contribution in [-0.2, 0) is 0 Å². The van der Waals surface area contributed by atoms with Gasteiger partial charge in [-0.3, -0.25) is 4.79 Å². The van der Waals surface area contributed by atoms with Gasteiger partial charge < -0.3 is 10.2 Å². The number of hydrogen-bond donors (Lipinski definition) is 1. The van der Waals surface area contributed by atoms with Crippen LogP contribution in [0.1, 0.15) is 10.4 Å². The van der Waals surface area contributed by atoms with Gasteiger partial charge in [0, 0.05) is 18.3 Å². The lowest BCUT2D eigenvalue weighted by atomic mass is 10.2. The topological polar surface area (TPSA) is 45.2 Å². The predicted molar refractivity (Wildman–Crippen MR) is 71.7 cm³/mol. The summed E-state index contributed by atoms with van der Waals surface area (Å²) in [5.41, 5.74) is 2.10. The Labute approximate surface area is 109 Å². The molecular weight excluding hydrogens is 250 g/mol. The number of anilines is 3. The zero-order valence-corrected chi connectivity index (χ0v) is 10.4. The first-order valence-electron chi connectivity index (χ1n) is 5.46. The lowest BCUT2D eigenvalue weighted by Gasteiger charge is -2.17. The van der Waals surface area contributed by atoms with Crippen LogP contribution in [0, 0.1) is 0 Å². The second-order valence-corrected chi connectivity index (χ2v) is 4.49. The van der Waals surface area contributed by atoms with Gasteiger partial charge in [-0.15, -0.1) is 0 Å². The number of carbonyl (C=O) groups excluding carboxylic acids is 1. The van der Waals surface area contributed by atoms with E-state index in [4.69, 9.17) is 11.6 Å². The molecule has 0 fully saturated rings. The normalized spacial score (nSPS) is 13.4. The summed E-state index contributed by atoms with van der Waals surface area (Å²) < 4.78 is 0. The van der Waals surface area contributed by atoms with Gasteiger partial charge in [0.05, 0.1) is 16.9 Å². The molecule has 18 heavy (non-hydrogen) atoms. The third-order valence-electron chi connectivity index (χ3n) is 2.92. The molecule has 0 spiro atoms. The predicted octanol–water partition coefficient (Wildman–Crippen LogP) is 3.07. The number of carbonyl (C=O) groups is 1. The van der Waals surface area contributed by atoms with Gasteiger partial charge in [0.1, 0.15) is 5.82 Å². The highest BCUT2D eigenvalue weighted by atomic mass is 35.5. The van der Waals surface area contributed by atoms with Gasteiger partial charge in [0.15, 0.2) is 0 Å². The average molecular weight is 260 g/mol. The first-order valence-corrected chi connectivity index (χ1v) is 5.84. The summed E-state index contributed by atoms with van der Waals surface area (Å²) in [6.45, 7) is 0. The minimum Gasteiger partial charge on any atom is -0.338 e. The molecule has 2 aromatic rings. The van der Waals surface area contributed by atoms with Crippen LogP contribution in [0.2, 0.25) is 5.02 Å². The summed E-state index contributed by atoms with van der Waals surface area (Å²) in [4.78, 5) is 18.1. The molecule has 4 nitrogen and oxygen atoms in total. The van der Waals surface area contributed by atoms with E-state index < -0.39 is 0 Å². The summed E-state index contributed by atoms with van der Waals surface area (Å²) in [5.74, 6) is 0.460. The van der Waals surface area contributed by atoms with Crippen molar-refractivity contribution in [1.82, 2.24) is 4.98 Å². The number of nitrogens with one attached hydrogen (secondary N) is 1. The second kappa shape index (κ2) is 3.99. The Morgan fingerprint density at radius 1 is 1.33 bits per heavy atom. The van der Waals surface area contributed by atoms with Crippen molar-refractivity contribution in [2.24, 2.45) is 0 Å². The van der Waals surface area contributed by atoms with Crippen LogP contribution in [0.15, 0.2) is 36.5 Å². The van der Waals surface area contributed by atoms with Gasteiger partial charge in [-0.05, 0) is 30.3 Å². The highest BCUT2D eigenvalue weighted by Crippen LogP contribution is 2.35. The van der Waals surface area contributed by atoms with Crippen molar-refractivity contribution in [3.8, 4) is 0 Å². The molecule has 0 radical (unpaired) electrons. The summed E-state index contributed by atoms with van der Waals surface area (Å²) >= 11 is 5.97. The Morgan fingerprint density at radius 3 is 3.00 bits per heavy atom. The average Bonchev–Trinajstić information content (AvgIpc) is 2.48. The molecule has 3 rings (SSSR count). The van der Waals surface area contributed by atoms with Gasteiger partial charge in [0.2, 0.25) is 0 Å². The molecule has 5 heteroatoms. The van der Waals surface area contributed by atoms with E-state index in [1.807, 2.05) is 6.07 Å². The molecule has 2 heterocycles. The highest BCUT2D eigenvalue weighted by Gasteiger charge is 2.24. The van der Waals surface area contributed by atoms with E-state index in [9.17, 15) is 4.79 Å². The molecule has 0 unspecified atom stereocenters. The Hall–Kier alpha value is -2.07. The first-order chi connectivity index (χ1) is 8.66. The van der Waals surface area contributed by atoms with Crippen LogP contribution < -0.4 is 10.2 Å². The highest BCUT2D eigenvalue weighted by molar-refractivity contribution is 6.31. The maximum Gasteiger partial charge on any atom is 0.261 e. The largest absolute Gasteiger partial charge is 0.338 e. The van der Waals surface area contributed by atoms with Crippen LogP contribution in [0.4, 0.5) is 17.2 Å². The van der Waals surface area contributed by atoms with Crippen molar-refractivity contribution in [2.45, 2.75) is 0 Å². The second-order valence-electron chi connectivity index (χ2n) is 4.05. The summed E-state index contributed by atoms with van der Waals surface area (Å²) in [6.07, 6.45) is 1.65. The molecule has 0 atom stereocenters. The lowest BCUT2D eigenvalue weighted by Crippen LogP contribution is -2.25. The number of amides is 1. The zero-order chi connectivity index (χ0) is 12.7. The van der Waals surface area contributed by atoms with Crippen molar-refractivity contribution in [3.05, 3.63) is 47.1 Å². The maximum absolute atomic E-state index is 12.3. The molecule has 0 bridgehead atoms. The number of aromatic nitrogens is 1. The van der Waals surface area contributed by atoms with Crippen LogP contribution in [-0.4, -0.2) is 17.9 Å². The fourth-order valence-electron chi connectivity index (χ4n) is 1.98. The van der Waals surface area contributed by atoms with E-state index in [-0.39, 0.29) is 5.91 Å². The summed E-state index contributed by atoms with van der Waals surface area (Å²) in [7, 11) is 1.72. The zero-order valence-electron chi connectivity index (χ0n) is 9.64. The first kappa shape index (κ1) is 11.0. The smallest absolute Gasteiger partial charge is 0.261 e. The van der Waals surface area contributed by atoms with Crippen LogP contribution >= 0.6 is 11.6 Å². The Morgan fingerprint density at radius 2 is 2.17 bits per heavy atom. The van der Waals surface area contributed by atoms with E-state index in [2.05, 4.69) is 10.3 Å². The minimum atomic E-state index is -0.105. The van der Waals surface area contributed by atoms with E-state index in [0.29, 0.717) is 16.4 Å². The van der Waals surface area contributed by atoms with Crippen molar-refractivity contribution in [1.29, 1.82) is 0 Å². The van der Waals surface area contributed by atoms with Crippen molar-refractivity contribution in [2.75, 3.05) is 17.3 Å². The van der Waals surface area contributed by atoms with E-state index in [1.165, 1.54) is 0 Å². The van der Waals surface area contributed by atoms with Gasteiger partial charge in [-0.2, -0.15) is 0 Å². The Bertz CT molecular complexity index is 642. The van der Waals surface area contributed by atoms with E-state index in [1.54, 1.807) is 42.4 Å². The molecule has 0 aliphatic carbocycles. The Kier molecular flexibility index (Phi) is 2.45. The van der Waals surface area contributed by atoms with Crippen LogP contribution in [0.5, 0.6) is 0 Å². The minimum absolute atomic E-state index is 0.105. The molecule has 0 saturated carbocycles. The molecule has 1 aromatic heterocycles. The summed E-state index contributed by atoms with van der Waals surface area (Å²) in [5, 5.41) is 3.75. The molecule has 1 aliphatic heterocycles. The van der Waals surface area contributed by atoms with Gasteiger partial charge >= 0.3 is 0 Å². The standard InChI is InChI=1S/C13H10ClN3O/c1-17-11-7-8(14)4-5-10(11)16-12-9(13(17)18)3-2-6-15-12/h2-7H,1H3,(H,15,16). The quantitative estimate of drug-likeness (QED) is 0.791. The van der Waals surface area contributed by atoms with Crippen LogP contribution in [0.25, 0.3) is 0 Å². The SMILES string of the molecule is CN1C(=O)c2cccnc2Nc2ccc(Cl)cc21. The number of halogens is 1. The number of pyridine rings is 1. The molecular formula is C13H10ClN3O. The number of nitrogens with zero attached hydrogens (tertiary/aromatic N) is 2. The van der Waals surface area contributed by atoms with E-state index in [0.717, 1.165) is 11.4 Å². The van der Waals surface area contributed by atoms with Crippen molar-refractivity contribution >= 4 is 34.7 Å². The number of benzene rings is 1. The van der Waals surface area contributed by atoms with Crippen molar-refractivity contribution in [3.63, 3.8) is 0 Å². The number of rotatable bonds is 0. The van der Waals surface area contributed by atoms with Gasteiger partial charge in [0.25, 0.3) is 5.91 Å². The number of fused-ring (bicyclic) bond motifs is 2. The van der Waals surface area contributed by atoms with Crippen molar-refractivity contribution < 1.29 is 4.79 Å². The monoisotopic (exact) mass is 259 g/mol. The maximum atomic E-state index is 12.3. The van der Waals surface area contributed by atoms with Crippen LogP contribution in [0.3, 0.4) is 0 Å². The fraction of sp³-hybridized carbons (Fsp3) is 0.0769. The third-order valence-corrected chi connectivity index (χ3v) is 3.15. The van der Waals surface area contributed by atoms with Gasteiger partial charge in [-0.25, -0.2) is 4.98 Å². The van der Waals surface area contributed by atoms with E-state index >= 15 is 0 Å². The Balaban J connectivity index is 2.23. The molecule has 90 valence electrons. The third kappa shape index (κ3) is 1.62. The fourth-order valence-corrected chi connectivity index (χ4v) is 2.15. The molecule has 0 saturated heterocycles. The van der Waals surface area contributed by atoms with Gasteiger partial charge in [-0.1, -0.05) is 11.6 Å². The number of hydrogen-bond acceptors (Lipinski definition) is 3. The molecule has 1 aromatic carbocycles.